The first-order chi connectivity index (χ1) is 23.8. The van der Waals surface area contributed by atoms with Crippen LogP contribution in [0, 0.1) is 0 Å². The van der Waals surface area contributed by atoms with Crippen molar-refractivity contribution in [2.45, 2.75) is 31.7 Å². The fraction of sp³-hybridized carbons (Fsp3) is 0.116. The van der Waals surface area contributed by atoms with E-state index in [9.17, 15) is 0 Å². The summed E-state index contributed by atoms with van der Waals surface area (Å²) in [5.41, 5.74) is 14.4. The molecule has 4 aliphatic rings. The van der Waals surface area contributed by atoms with E-state index in [2.05, 4.69) is 150 Å². The summed E-state index contributed by atoms with van der Waals surface area (Å²) in [5.74, 6) is 1.38. The molecule has 0 bridgehead atoms. The van der Waals surface area contributed by atoms with Crippen molar-refractivity contribution >= 4 is 79.4 Å². The van der Waals surface area contributed by atoms with E-state index in [1.54, 1.807) is 0 Å². The van der Waals surface area contributed by atoms with Gasteiger partial charge in [0.05, 0.1) is 22.8 Å². The molecule has 2 aromatic heterocycles. The number of furan rings is 2. The Bertz CT molecular complexity index is 2590. The van der Waals surface area contributed by atoms with Crippen LogP contribution in [0.5, 0.6) is 0 Å². The molecule has 0 spiro atoms. The van der Waals surface area contributed by atoms with E-state index in [0.717, 1.165) is 40.7 Å². The molecule has 0 saturated carbocycles. The Hall–Kier alpha value is -5.68. The highest BCUT2D eigenvalue weighted by Crippen LogP contribution is 2.50. The number of anilines is 4. The van der Waals surface area contributed by atoms with Gasteiger partial charge in [0, 0.05) is 33.4 Å². The third-order valence-corrected chi connectivity index (χ3v) is 11.0. The Labute approximate surface area is 279 Å². The molecule has 2 aliphatic heterocycles. The molecule has 4 heterocycles. The molecule has 5 heteroatoms. The standard InChI is InChI=1S/C43H31BN2O2/c1-26-12-8-23-37-40(26)42-33(19-11-25-39(42)48-37)46-31-17-6-4-15-29(31)44-28-14-3-5-16-30(28)45(34-20-9-21-35(46)43(34)44)32-18-10-24-38-41(32)27-13-2-7-22-36(27)47-38/h2-11,13-19,21-26,34H,12,20H2,1H3. The Morgan fingerprint density at radius 3 is 2.15 bits per heavy atom. The summed E-state index contributed by atoms with van der Waals surface area (Å²) in [7, 11) is 0. The van der Waals surface area contributed by atoms with Gasteiger partial charge in [-0.2, -0.15) is 0 Å². The van der Waals surface area contributed by atoms with Crippen LogP contribution in [-0.2, 0) is 0 Å². The monoisotopic (exact) mass is 618 g/mol. The quantitative estimate of drug-likeness (QED) is 0.181. The Morgan fingerprint density at radius 2 is 1.27 bits per heavy atom. The molecule has 48 heavy (non-hydrogen) atoms. The Balaban J connectivity index is 1.22. The molecule has 0 radical (unpaired) electrons. The predicted molar refractivity (Wildman–Crippen MR) is 199 cm³/mol. The van der Waals surface area contributed by atoms with Crippen molar-refractivity contribution < 1.29 is 8.83 Å². The molecule has 7 aromatic rings. The number of hydrogen-bond acceptors (Lipinski definition) is 4. The molecule has 0 saturated heterocycles. The second-order valence-electron chi connectivity index (χ2n) is 13.6. The van der Waals surface area contributed by atoms with Crippen molar-refractivity contribution in [2.75, 3.05) is 9.80 Å². The molecule has 2 unspecified atom stereocenters. The zero-order valence-corrected chi connectivity index (χ0v) is 26.6. The number of hydrogen-bond donors (Lipinski definition) is 0. The van der Waals surface area contributed by atoms with Crippen molar-refractivity contribution in [2.24, 2.45) is 0 Å². The van der Waals surface area contributed by atoms with Gasteiger partial charge in [-0.25, -0.2) is 0 Å². The molecular weight excluding hydrogens is 587 g/mol. The second kappa shape index (κ2) is 9.68. The fourth-order valence-corrected chi connectivity index (χ4v) is 9.16. The topological polar surface area (TPSA) is 32.8 Å². The van der Waals surface area contributed by atoms with E-state index in [-0.39, 0.29) is 12.8 Å². The molecule has 0 fully saturated rings. The van der Waals surface area contributed by atoms with Gasteiger partial charge >= 0.3 is 0 Å². The first-order valence-electron chi connectivity index (χ1n) is 17.1. The lowest BCUT2D eigenvalue weighted by Crippen LogP contribution is -2.61. The first kappa shape index (κ1) is 26.4. The minimum atomic E-state index is 0.124. The predicted octanol–water partition coefficient (Wildman–Crippen LogP) is 9.89. The highest BCUT2D eigenvalue weighted by atomic mass is 16.3. The van der Waals surface area contributed by atoms with Crippen LogP contribution < -0.4 is 20.7 Å². The minimum absolute atomic E-state index is 0.124. The summed E-state index contributed by atoms with van der Waals surface area (Å²) in [6.45, 7) is 2.47. The SMILES string of the molecule is CC1CC=Cc2oc3cccc(N4C5=C6B(c7ccccc74)c4ccccc4N(c4cccc7oc8ccccc8c47)C6CC=C5)c3c21. The molecule has 228 valence electrons. The lowest BCUT2D eigenvalue weighted by Gasteiger charge is -2.49. The fourth-order valence-electron chi connectivity index (χ4n) is 9.16. The largest absolute Gasteiger partial charge is 0.456 e. The van der Waals surface area contributed by atoms with Crippen LogP contribution in [-0.4, -0.2) is 12.8 Å². The van der Waals surface area contributed by atoms with Crippen LogP contribution in [0.15, 0.2) is 147 Å². The zero-order chi connectivity index (χ0) is 31.5. The smallest absolute Gasteiger partial charge is 0.247 e. The molecule has 11 rings (SSSR count). The van der Waals surface area contributed by atoms with Gasteiger partial charge < -0.3 is 18.6 Å². The number of benzene rings is 5. The number of para-hydroxylation sites is 3. The van der Waals surface area contributed by atoms with E-state index >= 15 is 0 Å². The molecule has 4 nitrogen and oxygen atoms in total. The van der Waals surface area contributed by atoms with E-state index in [1.807, 2.05) is 0 Å². The van der Waals surface area contributed by atoms with Gasteiger partial charge in [0.25, 0.3) is 0 Å². The first-order valence-corrected chi connectivity index (χ1v) is 17.1. The van der Waals surface area contributed by atoms with Gasteiger partial charge in [-0.05, 0) is 89.8 Å². The van der Waals surface area contributed by atoms with Crippen molar-refractivity contribution in [3.63, 3.8) is 0 Å². The van der Waals surface area contributed by atoms with Gasteiger partial charge in [0.1, 0.15) is 22.5 Å². The van der Waals surface area contributed by atoms with Crippen molar-refractivity contribution in [3.05, 3.63) is 150 Å². The normalized spacial score (nSPS) is 19.2. The van der Waals surface area contributed by atoms with Gasteiger partial charge in [0.15, 0.2) is 0 Å². The summed E-state index contributed by atoms with van der Waals surface area (Å²) in [5, 5.41) is 3.55. The van der Waals surface area contributed by atoms with Crippen LogP contribution in [0.3, 0.4) is 0 Å². The lowest BCUT2D eigenvalue weighted by atomic mass is 9.31. The summed E-state index contributed by atoms with van der Waals surface area (Å²) in [6.07, 6.45) is 11.1. The highest BCUT2D eigenvalue weighted by molar-refractivity contribution is 6.94. The minimum Gasteiger partial charge on any atom is -0.456 e. The lowest BCUT2D eigenvalue weighted by molar-refractivity contribution is 0.586. The van der Waals surface area contributed by atoms with Crippen LogP contribution in [0.4, 0.5) is 22.7 Å². The van der Waals surface area contributed by atoms with E-state index in [1.165, 1.54) is 61.2 Å². The molecule has 5 aromatic carbocycles. The number of nitrogens with zero attached hydrogens (tertiary/aromatic N) is 2. The average Bonchev–Trinajstić information content (AvgIpc) is 3.71. The highest BCUT2D eigenvalue weighted by Gasteiger charge is 2.48. The van der Waals surface area contributed by atoms with E-state index in [4.69, 9.17) is 8.83 Å². The van der Waals surface area contributed by atoms with Crippen molar-refractivity contribution in [1.82, 2.24) is 0 Å². The van der Waals surface area contributed by atoms with Gasteiger partial charge in [-0.3, -0.25) is 0 Å². The molecular formula is C43H31BN2O2. The van der Waals surface area contributed by atoms with E-state index < -0.39 is 0 Å². The average molecular weight is 619 g/mol. The van der Waals surface area contributed by atoms with Gasteiger partial charge in [-0.1, -0.05) is 85.8 Å². The van der Waals surface area contributed by atoms with Crippen LogP contribution in [0.25, 0.3) is 39.0 Å². The summed E-state index contributed by atoms with van der Waals surface area (Å²) >= 11 is 0. The number of rotatable bonds is 2. The summed E-state index contributed by atoms with van der Waals surface area (Å²) in [4.78, 5) is 5.14. The Morgan fingerprint density at radius 1 is 0.604 bits per heavy atom. The molecule has 2 atom stereocenters. The van der Waals surface area contributed by atoms with E-state index in [0.29, 0.717) is 5.92 Å². The summed E-state index contributed by atoms with van der Waals surface area (Å²) < 4.78 is 12.9. The molecule has 0 N–H and O–H groups in total. The number of allylic oxidation sites excluding steroid dienone is 2. The molecule has 0 amide bonds. The molecule has 2 aliphatic carbocycles. The van der Waals surface area contributed by atoms with Crippen LogP contribution in [0.1, 0.15) is 37.0 Å². The third kappa shape index (κ3) is 3.41. The van der Waals surface area contributed by atoms with Crippen molar-refractivity contribution in [3.8, 4) is 0 Å². The maximum atomic E-state index is 6.52. The van der Waals surface area contributed by atoms with Gasteiger partial charge in [-0.15, -0.1) is 0 Å². The zero-order valence-electron chi connectivity index (χ0n) is 26.6. The maximum absolute atomic E-state index is 6.52. The summed E-state index contributed by atoms with van der Waals surface area (Å²) in [6, 6.07) is 39.7. The van der Waals surface area contributed by atoms with Gasteiger partial charge in [0.2, 0.25) is 6.71 Å². The van der Waals surface area contributed by atoms with Crippen molar-refractivity contribution in [1.29, 1.82) is 0 Å². The van der Waals surface area contributed by atoms with Crippen LogP contribution in [0.2, 0.25) is 0 Å². The Kier molecular flexibility index (Phi) is 5.32. The van der Waals surface area contributed by atoms with Crippen LogP contribution >= 0.6 is 0 Å². The maximum Gasteiger partial charge on any atom is 0.247 e. The second-order valence-corrected chi connectivity index (χ2v) is 13.6. The third-order valence-electron chi connectivity index (χ3n) is 11.0. The number of fused-ring (bicyclic) bond motifs is 10.